The molecule has 3 aromatic carbocycles. The topological polar surface area (TPSA) is 79.1 Å². The quantitative estimate of drug-likeness (QED) is 0.369. The van der Waals surface area contributed by atoms with Crippen LogP contribution in [0.5, 0.6) is 0 Å². The fourth-order valence-corrected chi connectivity index (χ4v) is 3.08. The number of hydrogen-bond donors (Lipinski definition) is 3. The SMILES string of the molecule is Cc1ccc(Nc2ncnc(NN(c3ccccc3)c3ccccc3)c2N)cc1C. The summed E-state index contributed by atoms with van der Waals surface area (Å²) in [5.74, 6) is 1.07. The zero-order chi connectivity index (χ0) is 20.9. The van der Waals surface area contributed by atoms with E-state index < -0.39 is 0 Å². The maximum atomic E-state index is 6.43. The molecule has 0 unspecified atom stereocenters. The summed E-state index contributed by atoms with van der Waals surface area (Å²) in [6.45, 7) is 4.16. The largest absolute Gasteiger partial charge is 0.393 e. The number of hydrazine groups is 1. The molecule has 0 aliphatic rings. The first-order valence-electron chi connectivity index (χ1n) is 9.73. The fourth-order valence-electron chi connectivity index (χ4n) is 3.08. The van der Waals surface area contributed by atoms with Crippen LogP contribution in [0.1, 0.15) is 11.1 Å². The van der Waals surface area contributed by atoms with Crippen molar-refractivity contribution in [2.75, 3.05) is 21.5 Å². The predicted octanol–water partition coefficient (Wildman–Crippen LogP) is 5.58. The molecule has 150 valence electrons. The van der Waals surface area contributed by atoms with Crippen LogP contribution in [0.15, 0.2) is 85.2 Å². The molecule has 1 aromatic heterocycles. The molecule has 4 aromatic rings. The van der Waals surface area contributed by atoms with E-state index in [1.54, 1.807) is 0 Å². The number of nitrogens with zero attached hydrogens (tertiary/aromatic N) is 3. The van der Waals surface area contributed by atoms with E-state index in [0.717, 1.165) is 17.1 Å². The molecule has 1 heterocycles. The lowest BCUT2D eigenvalue weighted by Gasteiger charge is -2.26. The minimum Gasteiger partial charge on any atom is -0.393 e. The van der Waals surface area contributed by atoms with E-state index in [1.165, 1.54) is 17.5 Å². The Morgan fingerprint density at radius 1 is 0.733 bits per heavy atom. The van der Waals surface area contributed by atoms with Gasteiger partial charge in [0.1, 0.15) is 12.0 Å². The Bertz CT molecular complexity index is 1090. The van der Waals surface area contributed by atoms with Gasteiger partial charge in [0.05, 0.1) is 11.4 Å². The molecule has 0 spiro atoms. The van der Waals surface area contributed by atoms with Crippen molar-refractivity contribution in [1.29, 1.82) is 0 Å². The van der Waals surface area contributed by atoms with Crippen molar-refractivity contribution >= 4 is 34.4 Å². The Morgan fingerprint density at radius 2 is 1.33 bits per heavy atom. The van der Waals surface area contributed by atoms with E-state index in [0.29, 0.717) is 17.3 Å². The molecule has 0 aliphatic carbocycles. The van der Waals surface area contributed by atoms with Gasteiger partial charge < -0.3 is 11.1 Å². The Kier molecular flexibility index (Phi) is 5.48. The van der Waals surface area contributed by atoms with Gasteiger partial charge in [-0.2, -0.15) is 0 Å². The molecule has 4 rings (SSSR count). The van der Waals surface area contributed by atoms with Gasteiger partial charge in [0.25, 0.3) is 0 Å². The third kappa shape index (κ3) is 4.17. The van der Waals surface area contributed by atoms with Crippen LogP contribution in [0.3, 0.4) is 0 Å². The first kappa shape index (κ1) is 19.3. The number of aryl methyl sites for hydroxylation is 2. The smallest absolute Gasteiger partial charge is 0.173 e. The second-order valence-electron chi connectivity index (χ2n) is 7.03. The molecule has 0 saturated heterocycles. The Morgan fingerprint density at radius 3 is 1.93 bits per heavy atom. The minimum atomic E-state index is 0.438. The predicted molar refractivity (Wildman–Crippen MR) is 124 cm³/mol. The normalized spacial score (nSPS) is 10.5. The number of hydrogen-bond acceptors (Lipinski definition) is 6. The summed E-state index contributed by atoms with van der Waals surface area (Å²) in [6, 6.07) is 26.2. The van der Waals surface area contributed by atoms with Crippen molar-refractivity contribution in [3.63, 3.8) is 0 Å². The number of para-hydroxylation sites is 2. The van der Waals surface area contributed by atoms with E-state index in [9.17, 15) is 0 Å². The molecule has 4 N–H and O–H groups in total. The molecular weight excluding hydrogens is 372 g/mol. The third-order valence-electron chi connectivity index (χ3n) is 4.90. The summed E-state index contributed by atoms with van der Waals surface area (Å²) in [4.78, 5) is 8.71. The van der Waals surface area contributed by atoms with E-state index in [1.807, 2.05) is 71.7 Å². The number of nitrogens with one attached hydrogen (secondary N) is 2. The Hall–Kier alpha value is -4.06. The summed E-state index contributed by atoms with van der Waals surface area (Å²) in [5.41, 5.74) is 15.5. The number of nitrogen functional groups attached to an aromatic ring is 1. The standard InChI is InChI=1S/C24H24N6/c1-17-13-14-19(15-18(17)2)28-23-22(25)24(27-16-26-23)29-30(20-9-5-3-6-10-20)21-11-7-4-8-12-21/h3-16H,25H2,1-2H3,(H2,26,27,28,29). The van der Waals surface area contributed by atoms with Crippen molar-refractivity contribution in [3.05, 3.63) is 96.3 Å². The number of anilines is 6. The van der Waals surface area contributed by atoms with Gasteiger partial charge in [0, 0.05) is 5.69 Å². The molecule has 0 fully saturated rings. The fraction of sp³-hybridized carbons (Fsp3) is 0.0833. The second-order valence-corrected chi connectivity index (χ2v) is 7.03. The second kappa shape index (κ2) is 8.53. The van der Waals surface area contributed by atoms with Gasteiger partial charge >= 0.3 is 0 Å². The summed E-state index contributed by atoms with van der Waals surface area (Å²) in [6.07, 6.45) is 1.50. The molecule has 0 radical (unpaired) electrons. The summed E-state index contributed by atoms with van der Waals surface area (Å²) in [7, 11) is 0. The summed E-state index contributed by atoms with van der Waals surface area (Å²) in [5, 5.41) is 5.24. The maximum Gasteiger partial charge on any atom is 0.173 e. The average Bonchev–Trinajstić information content (AvgIpc) is 2.78. The Balaban J connectivity index is 1.66. The molecule has 6 heteroatoms. The van der Waals surface area contributed by atoms with E-state index >= 15 is 0 Å². The zero-order valence-corrected chi connectivity index (χ0v) is 17.0. The molecule has 0 saturated carbocycles. The lowest BCUT2D eigenvalue weighted by atomic mass is 10.1. The van der Waals surface area contributed by atoms with Crippen LogP contribution in [0.25, 0.3) is 0 Å². The maximum absolute atomic E-state index is 6.43. The van der Waals surface area contributed by atoms with Crippen LogP contribution < -0.4 is 21.5 Å². The van der Waals surface area contributed by atoms with Crippen molar-refractivity contribution in [1.82, 2.24) is 9.97 Å². The number of benzene rings is 3. The highest BCUT2D eigenvalue weighted by molar-refractivity contribution is 5.80. The minimum absolute atomic E-state index is 0.438. The van der Waals surface area contributed by atoms with Crippen LogP contribution in [-0.4, -0.2) is 9.97 Å². The van der Waals surface area contributed by atoms with Gasteiger partial charge in [-0.05, 0) is 61.4 Å². The van der Waals surface area contributed by atoms with Crippen molar-refractivity contribution in [3.8, 4) is 0 Å². The zero-order valence-electron chi connectivity index (χ0n) is 17.0. The van der Waals surface area contributed by atoms with Gasteiger partial charge in [0.15, 0.2) is 11.6 Å². The average molecular weight is 396 g/mol. The highest BCUT2D eigenvalue weighted by atomic mass is 15.5. The van der Waals surface area contributed by atoms with Crippen molar-refractivity contribution < 1.29 is 0 Å². The number of aromatic nitrogens is 2. The van der Waals surface area contributed by atoms with Crippen LogP contribution >= 0.6 is 0 Å². The molecular formula is C24H24N6. The third-order valence-corrected chi connectivity index (χ3v) is 4.90. The first-order chi connectivity index (χ1) is 14.6. The summed E-state index contributed by atoms with van der Waals surface area (Å²) >= 11 is 0. The van der Waals surface area contributed by atoms with Crippen LogP contribution in [0.4, 0.5) is 34.4 Å². The van der Waals surface area contributed by atoms with Crippen LogP contribution in [0.2, 0.25) is 0 Å². The first-order valence-corrected chi connectivity index (χ1v) is 9.73. The molecule has 0 amide bonds. The monoisotopic (exact) mass is 396 g/mol. The molecule has 30 heavy (non-hydrogen) atoms. The van der Waals surface area contributed by atoms with E-state index in [-0.39, 0.29) is 0 Å². The number of nitrogens with two attached hydrogens (primary N) is 1. The van der Waals surface area contributed by atoms with Crippen LogP contribution in [0, 0.1) is 13.8 Å². The molecule has 0 atom stereocenters. The summed E-state index contributed by atoms with van der Waals surface area (Å²) < 4.78 is 0. The highest BCUT2D eigenvalue weighted by Crippen LogP contribution is 2.30. The van der Waals surface area contributed by atoms with Gasteiger partial charge in [0.2, 0.25) is 0 Å². The lowest BCUT2D eigenvalue weighted by Crippen LogP contribution is -2.26. The van der Waals surface area contributed by atoms with Gasteiger partial charge in [-0.25, -0.2) is 9.97 Å². The van der Waals surface area contributed by atoms with Crippen molar-refractivity contribution in [2.24, 2.45) is 0 Å². The van der Waals surface area contributed by atoms with Gasteiger partial charge in [-0.15, -0.1) is 0 Å². The molecule has 0 bridgehead atoms. The van der Waals surface area contributed by atoms with Gasteiger partial charge in [-0.3, -0.25) is 10.4 Å². The molecule has 0 aliphatic heterocycles. The Labute approximate surface area is 176 Å². The van der Waals surface area contributed by atoms with Crippen LogP contribution in [-0.2, 0) is 0 Å². The van der Waals surface area contributed by atoms with Gasteiger partial charge in [-0.1, -0.05) is 42.5 Å². The number of rotatable bonds is 6. The molecule has 6 nitrogen and oxygen atoms in total. The highest BCUT2D eigenvalue weighted by Gasteiger charge is 2.14. The van der Waals surface area contributed by atoms with E-state index in [2.05, 4.69) is 46.7 Å². The lowest BCUT2D eigenvalue weighted by molar-refractivity contribution is 1.09. The van der Waals surface area contributed by atoms with E-state index in [4.69, 9.17) is 5.73 Å². The van der Waals surface area contributed by atoms with Crippen molar-refractivity contribution in [2.45, 2.75) is 13.8 Å².